The number of hydrogen-bond acceptors (Lipinski definition) is 3. The zero-order valence-corrected chi connectivity index (χ0v) is 8.12. The number of carbonyl (C=O) groups excluding carboxylic acids is 1. The molecule has 4 heteroatoms. The molecular formula is C10H14N2O2. The molecule has 0 radical (unpaired) electrons. The molecule has 1 aromatic carbocycles. The van der Waals surface area contributed by atoms with Crippen molar-refractivity contribution < 1.29 is 9.53 Å². The summed E-state index contributed by atoms with van der Waals surface area (Å²) in [5, 5.41) is 0. The lowest BCUT2D eigenvalue weighted by Crippen LogP contribution is -2.14. The zero-order chi connectivity index (χ0) is 10.6. The summed E-state index contributed by atoms with van der Waals surface area (Å²) >= 11 is 0. The van der Waals surface area contributed by atoms with E-state index in [9.17, 15) is 4.79 Å². The number of carbonyl (C=O) groups is 1. The monoisotopic (exact) mass is 194 g/mol. The summed E-state index contributed by atoms with van der Waals surface area (Å²) < 4.78 is 5.35. The highest BCUT2D eigenvalue weighted by Crippen LogP contribution is 2.19. The minimum Gasteiger partial charge on any atom is -0.493 e. The number of anilines is 1. The molecule has 0 bridgehead atoms. The fourth-order valence-corrected chi connectivity index (χ4v) is 1.10. The van der Waals surface area contributed by atoms with Gasteiger partial charge in [0.2, 0.25) is 5.91 Å². The number of primary amides is 1. The van der Waals surface area contributed by atoms with E-state index in [0.29, 0.717) is 12.3 Å². The van der Waals surface area contributed by atoms with Crippen molar-refractivity contribution in [3.63, 3.8) is 0 Å². The molecule has 4 nitrogen and oxygen atoms in total. The average Bonchev–Trinajstić information content (AvgIpc) is 2.08. The molecule has 0 fully saturated rings. The average molecular weight is 194 g/mol. The highest BCUT2D eigenvalue weighted by atomic mass is 16.5. The Morgan fingerprint density at radius 1 is 1.50 bits per heavy atom. The zero-order valence-electron chi connectivity index (χ0n) is 8.12. The SMILES string of the molecule is Cc1cc(N)ccc1OCCC(N)=O. The number of hydrogen-bond donors (Lipinski definition) is 2. The van der Waals surface area contributed by atoms with Crippen LogP contribution in [0.3, 0.4) is 0 Å². The van der Waals surface area contributed by atoms with Crippen molar-refractivity contribution in [3.8, 4) is 5.75 Å². The van der Waals surface area contributed by atoms with Crippen LogP contribution in [0, 0.1) is 6.92 Å². The van der Waals surface area contributed by atoms with Gasteiger partial charge in [-0.05, 0) is 30.7 Å². The lowest BCUT2D eigenvalue weighted by molar-refractivity contribution is -0.118. The Hall–Kier alpha value is -1.71. The van der Waals surface area contributed by atoms with Gasteiger partial charge in [0.1, 0.15) is 5.75 Å². The van der Waals surface area contributed by atoms with E-state index < -0.39 is 0 Å². The molecule has 14 heavy (non-hydrogen) atoms. The molecule has 0 heterocycles. The predicted octanol–water partition coefficient (Wildman–Crippen LogP) is 0.831. The van der Waals surface area contributed by atoms with Crippen LogP contribution in [-0.4, -0.2) is 12.5 Å². The van der Waals surface area contributed by atoms with E-state index in [-0.39, 0.29) is 12.3 Å². The second kappa shape index (κ2) is 4.50. The molecule has 4 N–H and O–H groups in total. The molecule has 1 aromatic rings. The molecule has 0 saturated heterocycles. The summed E-state index contributed by atoms with van der Waals surface area (Å²) in [6.07, 6.45) is 0.226. The first-order valence-electron chi connectivity index (χ1n) is 4.37. The standard InChI is InChI=1S/C10H14N2O2/c1-7-6-8(11)2-3-9(7)14-5-4-10(12)13/h2-3,6H,4-5,11H2,1H3,(H2,12,13). The maximum atomic E-state index is 10.5. The third-order valence-electron chi connectivity index (χ3n) is 1.81. The van der Waals surface area contributed by atoms with Crippen LogP contribution in [0.15, 0.2) is 18.2 Å². The van der Waals surface area contributed by atoms with Crippen molar-refractivity contribution >= 4 is 11.6 Å². The Labute approximate surface area is 82.8 Å². The molecule has 0 atom stereocenters. The molecule has 0 aliphatic carbocycles. The first-order chi connectivity index (χ1) is 6.59. The molecule has 0 spiro atoms. The van der Waals surface area contributed by atoms with Gasteiger partial charge >= 0.3 is 0 Å². The predicted molar refractivity (Wildman–Crippen MR) is 54.9 cm³/mol. The number of amides is 1. The van der Waals surface area contributed by atoms with Crippen LogP contribution in [0.25, 0.3) is 0 Å². The molecule has 0 aliphatic rings. The Morgan fingerprint density at radius 3 is 2.79 bits per heavy atom. The molecule has 0 aromatic heterocycles. The number of ether oxygens (including phenoxy) is 1. The van der Waals surface area contributed by atoms with E-state index in [1.54, 1.807) is 12.1 Å². The van der Waals surface area contributed by atoms with E-state index >= 15 is 0 Å². The van der Waals surface area contributed by atoms with Crippen molar-refractivity contribution in [1.82, 2.24) is 0 Å². The summed E-state index contributed by atoms with van der Waals surface area (Å²) in [4.78, 5) is 10.5. The van der Waals surface area contributed by atoms with E-state index in [2.05, 4.69) is 0 Å². The van der Waals surface area contributed by atoms with Crippen LogP contribution in [-0.2, 0) is 4.79 Å². The Balaban J connectivity index is 2.55. The molecular weight excluding hydrogens is 180 g/mol. The second-order valence-electron chi connectivity index (χ2n) is 3.09. The quantitative estimate of drug-likeness (QED) is 0.697. The van der Waals surface area contributed by atoms with Gasteiger partial charge < -0.3 is 16.2 Å². The van der Waals surface area contributed by atoms with Crippen LogP contribution in [0.2, 0.25) is 0 Å². The third kappa shape index (κ3) is 2.97. The smallest absolute Gasteiger partial charge is 0.220 e. The topological polar surface area (TPSA) is 78.3 Å². The normalized spacial score (nSPS) is 9.79. The van der Waals surface area contributed by atoms with Gasteiger partial charge in [0, 0.05) is 5.69 Å². The van der Waals surface area contributed by atoms with E-state index in [4.69, 9.17) is 16.2 Å². The van der Waals surface area contributed by atoms with Crippen molar-refractivity contribution in [2.45, 2.75) is 13.3 Å². The second-order valence-corrected chi connectivity index (χ2v) is 3.09. The first kappa shape index (κ1) is 10.4. The third-order valence-corrected chi connectivity index (χ3v) is 1.81. The molecule has 0 aliphatic heterocycles. The first-order valence-corrected chi connectivity index (χ1v) is 4.37. The number of rotatable bonds is 4. The van der Waals surface area contributed by atoms with E-state index in [1.165, 1.54) is 0 Å². The van der Waals surface area contributed by atoms with Gasteiger partial charge in [-0.3, -0.25) is 4.79 Å². The molecule has 1 amide bonds. The highest BCUT2D eigenvalue weighted by molar-refractivity contribution is 5.73. The number of nitrogen functional groups attached to an aromatic ring is 1. The Morgan fingerprint density at radius 2 is 2.21 bits per heavy atom. The minimum absolute atomic E-state index is 0.226. The van der Waals surface area contributed by atoms with Crippen molar-refractivity contribution in [1.29, 1.82) is 0 Å². The maximum Gasteiger partial charge on any atom is 0.220 e. The highest BCUT2D eigenvalue weighted by Gasteiger charge is 2.00. The Bertz CT molecular complexity index is 337. The summed E-state index contributed by atoms with van der Waals surface area (Å²) in [5.41, 5.74) is 12.2. The van der Waals surface area contributed by atoms with Gasteiger partial charge in [-0.1, -0.05) is 0 Å². The van der Waals surface area contributed by atoms with Crippen LogP contribution >= 0.6 is 0 Å². The lowest BCUT2D eigenvalue weighted by Gasteiger charge is -2.08. The van der Waals surface area contributed by atoms with Crippen LogP contribution in [0.1, 0.15) is 12.0 Å². The number of benzene rings is 1. The fraction of sp³-hybridized carbons (Fsp3) is 0.300. The van der Waals surface area contributed by atoms with Gasteiger partial charge in [-0.2, -0.15) is 0 Å². The summed E-state index contributed by atoms with van der Waals surface area (Å²) in [7, 11) is 0. The van der Waals surface area contributed by atoms with Crippen molar-refractivity contribution in [3.05, 3.63) is 23.8 Å². The summed E-state index contributed by atoms with van der Waals surface area (Å²) in [6, 6.07) is 5.36. The molecule has 1 rings (SSSR count). The molecule has 0 unspecified atom stereocenters. The van der Waals surface area contributed by atoms with E-state index in [0.717, 1.165) is 11.3 Å². The summed E-state index contributed by atoms with van der Waals surface area (Å²) in [5.74, 6) is 0.374. The molecule has 0 saturated carbocycles. The maximum absolute atomic E-state index is 10.5. The van der Waals surface area contributed by atoms with Gasteiger partial charge in [-0.25, -0.2) is 0 Å². The van der Waals surface area contributed by atoms with Gasteiger partial charge in [0.15, 0.2) is 0 Å². The van der Waals surface area contributed by atoms with Crippen molar-refractivity contribution in [2.75, 3.05) is 12.3 Å². The van der Waals surface area contributed by atoms with Crippen LogP contribution in [0.4, 0.5) is 5.69 Å². The molecule has 76 valence electrons. The van der Waals surface area contributed by atoms with Crippen LogP contribution in [0.5, 0.6) is 5.75 Å². The van der Waals surface area contributed by atoms with Crippen LogP contribution < -0.4 is 16.2 Å². The largest absolute Gasteiger partial charge is 0.493 e. The van der Waals surface area contributed by atoms with Crippen molar-refractivity contribution in [2.24, 2.45) is 5.73 Å². The minimum atomic E-state index is -0.363. The van der Waals surface area contributed by atoms with Gasteiger partial charge in [-0.15, -0.1) is 0 Å². The number of aryl methyl sites for hydroxylation is 1. The fourth-order valence-electron chi connectivity index (χ4n) is 1.10. The summed E-state index contributed by atoms with van der Waals surface area (Å²) in [6.45, 7) is 2.20. The van der Waals surface area contributed by atoms with E-state index in [1.807, 2.05) is 13.0 Å². The van der Waals surface area contributed by atoms with Gasteiger partial charge in [0.25, 0.3) is 0 Å². The Kier molecular flexibility index (Phi) is 3.34. The lowest BCUT2D eigenvalue weighted by atomic mass is 10.2. The number of nitrogens with two attached hydrogens (primary N) is 2. The van der Waals surface area contributed by atoms with Gasteiger partial charge in [0.05, 0.1) is 13.0 Å².